The maximum atomic E-state index is 5.88. The van der Waals surface area contributed by atoms with Crippen molar-refractivity contribution in [3.05, 3.63) is 0 Å². The van der Waals surface area contributed by atoms with E-state index in [4.69, 9.17) is 99.3 Å². The van der Waals surface area contributed by atoms with Gasteiger partial charge in [0.2, 0.25) is 0 Å². The maximum absolute atomic E-state index is 5.88. The van der Waals surface area contributed by atoms with Gasteiger partial charge in [0, 0.05) is 0 Å². The Kier molecular flexibility index (Phi) is 22.6. The Labute approximate surface area is 366 Å². The smallest absolute Gasteiger partial charge is 0.691 e. The molecule has 16 heteroatoms. The molecule has 0 aromatic heterocycles. The summed E-state index contributed by atoms with van der Waals surface area (Å²) in [6, 6.07) is 0. The molecule has 0 heterocycles. The third-order valence-corrected chi connectivity index (χ3v) is 18.0. The van der Waals surface area contributed by atoms with Crippen LogP contribution < -0.4 is 0 Å². The molecule has 0 N–H and O–H groups in total. The Bertz CT molecular complexity index is 1000. The maximum Gasteiger partial charge on any atom is 3.00 e. The molecule has 6 saturated carbocycles. The summed E-state index contributed by atoms with van der Waals surface area (Å²) in [4.78, 5) is 0. The van der Waals surface area contributed by atoms with E-state index in [1.165, 1.54) is 38.5 Å². The Morgan fingerprint density at radius 3 is 0.558 bits per heavy atom. The Morgan fingerprint density at radius 2 is 0.462 bits per heavy atom. The minimum Gasteiger partial charge on any atom is -0.691 e. The van der Waals surface area contributed by atoms with Crippen LogP contribution in [-0.2, 0) is 99.3 Å². The van der Waals surface area contributed by atoms with Crippen LogP contribution in [0.1, 0.15) is 157 Å². The third-order valence-electron chi connectivity index (χ3n) is 11.5. The van der Waals surface area contributed by atoms with Crippen molar-refractivity contribution in [1.29, 1.82) is 0 Å². The Morgan fingerprint density at radius 1 is 0.327 bits per heavy atom. The molecule has 6 aliphatic carbocycles. The molecule has 0 aromatic rings. The number of hydrogen-bond donors (Lipinski definition) is 0. The van der Waals surface area contributed by atoms with E-state index in [0.29, 0.717) is 0 Å². The first-order valence-corrected chi connectivity index (χ1v) is 30.8. The van der Waals surface area contributed by atoms with E-state index < -0.39 is 17.1 Å². The molecule has 52 heavy (non-hydrogen) atoms. The van der Waals surface area contributed by atoms with Crippen LogP contribution in [0, 0.1) is 35.5 Å². The van der Waals surface area contributed by atoms with Crippen LogP contribution in [0.3, 0.4) is 0 Å². The van der Waals surface area contributed by atoms with Crippen LogP contribution in [0.25, 0.3) is 0 Å². The zero-order valence-corrected chi connectivity index (χ0v) is 42.5. The molecule has 12 atom stereocenters. The molecule has 0 spiro atoms. The summed E-state index contributed by atoms with van der Waals surface area (Å²) in [5.41, 5.74) is -7.28. The molecule has 0 aromatic carbocycles. The van der Waals surface area contributed by atoms with E-state index in [0.717, 1.165) is 113 Å². The zero-order valence-electron chi connectivity index (χ0n) is 32.3. The van der Waals surface area contributed by atoms with Gasteiger partial charge in [-0.15, -0.1) is 0 Å². The minimum absolute atomic E-state index is 0. The van der Waals surface area contributed by atoms with Crippen molar-refractivity contribution < 1.29 is 27.1 Å². The summed E-state index contributed by atoms with van der Waals surface area (Å²) in [5.74, 6) is 4.48. The second-order valence-electron chi connectivity index (χ2n) is 17.2. The van der Waals surface area contributed by atoms with Crippen molar-refractivity contribution in [2.45, 2.75) is 194 Å². The summed E-state index contributed by atoms with van der Waals surface area (Å²) >= 11 is 32.3. The van der Waals surface area contributed by atoms with Gasteiger partial charge in [0.1, 0.15) is 0 Å². The molecular weight excluding hydrogens is 935 g/mol. The van der Waals surface area contributed by atoms with Crippen LogP contribution >= 0.6 is 17.1 Å². The summed E-state index contributed by atoms with van der Waals surface area (Å²) in [7, 11) is 0. The number of hydrogen-bond acceptors (Lipinski definition) is 12. The molecule has 12 unspecified atom stereocenters. The van der Waals surface area contributed by atoms with E-state index in [1.807, 2.05) is 0 Å². The molecule has 0 bridgehead atoms. The van der Waals surface area contributed by atoms with Crippen LogP contribution in [0.2, 0.25) is 0 Å². The van der Waals surface area contributed by atoms with E-state index in [-0.39, 0.29) is 61.1 Å². The van der Waals surface area contributed by atoms with Crippen molar-refractivity contribution in [2.24, 2.45) is 35.5 Å². The molecule has 6 aliphatic rings. The van der Waals surface area contributed by atoms with Gasteiger partial charge in [-0.2, -0.15) is 0 Å². The molecule has 0 aliphatic heterocycles. The van der Waals surface area contributed by atoms with Crippen LogP contribution in [0.5, 0.6) is 0 Å². The average Bonchev–Trinajstić information content (AvgIpc) is 3.86. The molecule has 6 fully saturated rings. The van der Waals surface area contributed by atoms with Crippen molar-refractivity contribution >= 4 is 114 Å². The van der Waals surface area contributed by atoms with Gasteiger partial charge in [-0.05, 0) is 151 Å². The van der Waals surface area contributed by atoms with Gasteiger partial charge in [0.05, 0.1) is 53.7 Å². The standard InChI is InChI=1S/3C12H23O2PS2.Sb/c3*1-9-3-5-11(7-9)13-15(16,17)14-12-6-4-10(2)8-12;/h3*9-12H,3-8H2,1-2H3,(H,16,17);/q;;;+3/p-3. The summed E-state index contributed by atoms with van der Waals surface area (Å²) < 4.78 is 35.3. The average molecular weight is 1000 g/mol. The Balaban J connectivity index is 0.000000208. The first-order valence-electron chi connectivity index (χ1n) is 19.9. The van der Waals surface area contributed by atoms with Crippen molar-refractivity contribution in [2.75, 3.05) is 0 Å². The summed E-state index contributed by atoms with van der Waals surface area (Å²) in [6.45, 7) is 13.6. The SMILES string of the molecule is CC1CCC(OP(=S)([S-])OC2CCC(C)C2)C1.CC1CCC(OP(=S)([S-])OC2CCC(C)C2)C1.CC1CCC(OP(=S)([S-])OC2CCC(C)C2)C1.[Sb+3]. The van der Waals surface area contributed by atoms with Crippen molar-refractivity contribution in [3.63, 3.8) is 0 Å². The Hall–Kier alpha value is 3.58. The predicted molar refractivity (Wildman–Crippen MR) is 238 cm³/mol. The fourth-order valence-electron chi connectivity index (χ4n) is 8.67. The zero-order chi connectivity index (χ0) is 37.4. The normalized spacial score (nSPS) is 40.8. The van der Waals surface area contributed by atoms with E-state index in [2.05, 4.69) is 41.5 Å². The van der Waals surface area contributed by atoms with Crippen molar-refractivity contribution in [3.8, 4) is 0 Å². The largest absolute Gasteiger partial charge is 3.00 e. The van der Waals surface area contributed by atoms with Gasteiger partial charge in [0.25, 0.3) is 0 Å². The monoisotopic (exact) mass is 1000 g/mol. The molecule has 0 amide bonds. The summed E-state index contributed by atoms with van der Waals surface area (Å²) in [6.07, 6.45) is 22.1. The molecule has 2 radical (unpaired) electrons. The van der Waals surface area contributed by atoms with Crippen LogP contribution in [0.15, 0.2) is 0 Å². The predicted octanol–water partition coefficient (Wildman–Crippen LogP) is 12.1. The van der Waals surface area contributed by atoms with Gasteiger partial charge in [-0.3, -0.25) is 0 Å². The van der Waals surface area contributed by atoms with Crippen LogP contribution in [-0.4, -0.2) is 61.1 Å². The fourth-order valence-corrected chi connectivity index (χ4v) is 16.5. The van der Waals surface area contributed by atoms with Gasteiger partial charge < -0.3 is 63.9 Å². The molecular formula is C36H66O6P3S6Sb. The topological polar surface area (TPSA) is 55.4 Å². The molecule has 6 rings (SSSR count). The quantitative estimate of drug-likeness (QED) is 0.106. The molecule has 0 saturated heterocycles. The summed E-state index contributed by atoms with van der Waals surface area (Å²) in [5, 5.41) is 0. The minimum atomic E-state index is -2.43. The van der Waals surface area contributed by atoms with E-state index >= 15 is 0 Å². The second kappa shape index (κ2) is 23.5. The van der Waals surface area contributed by atoms with Gasteiger partial charge in [-0.1, -0.05) is 77.0 Å². The molecule has 302 valence electrons. The van der Waals surface area contributed by atoms with E-state index in [1.54, 1.807) is 0 Å². The van der Waals surface area contributed by atoms with Gasteiger partial charge in [0.15, 0.2) is 0 Å². The third kappa shape index (κ3) is 19.3. The fraction of sp³-hybridized carbons (Fsp3) is 1.00. The second-order valence-corrected chi connectivity index (χ2v) is 31.9. The first-order chi connectivity index (χ1) is 23.8. The molecule has 6 nitrogen and oxygen atoms in total. The first kappa shape index (κ1) is 49.9. The van der Waals surface area contributed by atoms with Gasteiger partial charge in [-0.25, -0.2) is 0 Å². The van der Waals surface area contributed by atoms with E-state index in [9.17, 15) is 0 Å². The number of rotatable bonds is 12. The van der Waals surface area contributed by atoms with Crippen molar-refractivity contribution in [1.82, 2.24) is 0 Å². The van der Waals surface area contributed by atoms with Crippen LogP contribution in [0.4, 0.5) is 0 Å². The van der Waals surface area contributed by atoms with Gasteiger partial charge >= 0.3 is 24.4 Å².